The smallest absolute Gasteiger partial charge is 0.244 e. The van der Waals surface area contributed by atoms with E-state index < -0.39 is 10.0 Å². The molecule has 2 aromatic carbocycles. The summed E-state index contributed by atoms with van der Waals surface area (Å²) in [6, 6.07) is 15.2. The molecule has 1 N–H and O–H groups in total. The zero-order valence-corrected chi connectivity index (χ0v) is 16.5. The normalized spacial score (nSPS) is 18.4. The van der Waals surface area contributed by atoms with Gasteiger partial charge in [0.2, 0.25) is 10.0 Å². The van der Waals surface area contributed by atoms with Crippen molar-refractivity contribution >= 4 is 10.0 Å². The minimum atomic E-state index is -3.62. The molecule has 1 fully saturated rings. The number of rotatable bonds is 7. The Hall–Kier alpha value is -1.93. The molecule has 1 atom stereocenters. The number of nitrogens with one attached hydrogen (secondary N) is 1. The van der Waals surface area contributed by atoms with Gasteiger partial charge in [-0.25, -0.2) is 13.1 Å². The molecule has 0 saturated carbocycles. The number of morpholine rings is 1. The van der Waals surface area contributed by atoms with Crippen molar-refractivity contribution in [3.8, 4) is 5.75 Å². The lowest BCUT2D eigenvalue weighted by atomic mass is 10.1. The fourth-order valence-corrected chi connectivity index (χ4v) is 4.46. The van der Waals surface area contributed by atoms with Crippen LogP contribution in [0.25, 0.3) is 0 Å². The minimum Gasteiger partial charge on any atom is -0.495 e. The molecule has 0 bridgehead atoms. The lowest BCUT2D eigenvalue weighted by Crippen LogP contribution is -2.42. The van der Waals surface area contributed by atoms with Gasteiger partial charge in [-0.15, -0.1) is 0 Å². The van der Waals surface area contributed by atoms with Gasteiger partial charge in [0.15, 0.2) is 0 Å². The molecule has 1 saturated heterocycles. The van der Waals surface area contributed by atoms with Gasteiger partial charge in [-0.2, -0.15) is 0 Å². The summed E-state index contributed by atoms with van der Waals surface area (Å²) in [4.78, 5) is 2.39. The Kier molecular flexibility index (Phi) is 6.49. The molecule has 0 radical (unpaired) electrons. The number of benzene rings is 2. The van der Waals surface area contributed by atoms with Gasteiger partial charge in [-0.1, -0.05) is 36.4 Å². The lowest BCUT2D eigenvalue weighted by molar-refractivity contribution is -0.0291. The van der Waals surface area contributed by atoms with Crippen LogP contribution in [0.15, 0.2) is 53.4 Å². The van der Waals surface area contributed by atoms with E-state index in [-0.39, 0.29) is 11.0 Å². The highest BCUT2D eigenvalue weighted by Crippen LogP contribution is 2.25. The van der Waals surface area contributed by atoms with E-state index in [2.05, 4.69) is 21.8 Å². The fraction of sp³-hybridized carbons (Fsp3) is 0.400. The van der Waals surface area contributed by atoms with Crippen LogP contribution < -0.4 is 9.46 Å². The molecule has 0 unspecified atom stereocenters. The van der Waals surface area contributed by atoms with Crippen LogP contribution in [0.3, 0.4) is 0 Å². The Bertz CT molecular complexity index is 856. The highest BCUT2D eigenvalue weighted by Gasteiger charge is 2.23. The van der Waals surface area contributed by atoms with Gasteiger partial charge in [-0.3, -0.25) is 4.90 Å². The van der Waals surface area contributed by atoms with Gasteiger partial charge >= 0.3 is 0 Å². The van der Waals surface area contributed by atoms with Crippen molar-refractivity contribution in [1.29, 1.82) is 0 Å². The Morgan fingerprint density at radius 3 is 2.74 bits per heavy atom. The Balaban J connectivity index is 1.58. The van der Waals surface area contributed by atoms with Crippen molar-refractivity contribution in [2.24, 2.45) is 0 Å². The summed E-state index contributed by atoms with van der Waals surface area (Å²) in [5.74, 6) is 0.351. The standard InChI is InChI=1S/C20H26N2O4S/c1-16-8-9-18(25-2)20(14-16)27(23,24)21-10-11-22-12-13-26-19(15-22)17-6-4-3-5-7-17/h3-9,14,19,21H,10-13,15H2,1-2H3/t19-/m1/s1. The molecule has 0 aliphatic carbocycles. The predicted octanol–water partition coefficient (Wildman–Crippen LogP) is 2.36. The first kappa shape index (κ1) is 19.8. The molecule has 0 aromatic heterocycles. The van der Waals surface area contributed by atoms with Crippen LogP contribution in [0.1, 0.15) is 17.2 Å². The van der Waals surface area contributed by atoms with Crippen molar-refractivity contribution in [2.45, 2.75) is 17.9 Å². The average Bonchev–Trinajstić information content (AvgIpc) is 2.69. The second kappa shape index (κ2) is 8.84. The third-order valence-electron chi connectivity index (χ3n) is 4.65. The first-order valence-corrected chi connectivity index (χ1v) is 10.5. The summed E-state index contributed by atoms with van der Waals surface area (Å²) in [6.07, 6.45) is 0.0217. The molecule has 2 aromatic rings. The zero-order valence-electron chi connectivity index (χ0n) is 15.7. The molecule has 0 amide bonds. The third-order valence-corrected chi connectivity index (χ3v) is 6.13. The summed E-state index contributed by atoms with van der Waals surface area (Å²) in [5, 5.41) is 0. The monoisotopic (exact) mass is 390 g/mol. The molecule has 1 aliphatic rings. The van der Waals surface area contributed by atoms with Crippen LogP contribution in [-0.2, 0) is 14.8 Å². The largest absolute Gasteiger partial charge is 0.495 e. The van der Waals surface area contributed by atoms with Crippen molar-refractivity contribution in [3.05, 3.63) is 59.7 Å². The quantitative estimate of drug-likeness (QED) is 0.786. The highest BCUT2D eigenvalue weighted by molar-refractivity contribution is 7.89. The Morgan fingerprint density at radius 1 is 1.22 bits per heavy atom. The molecule has 146 valence electrons. The number of hydrogen-bond acceptors (Lipinski definition) is 5. The minimum absolute atomic E-state index is 0.0217. The second-order valence-electron chi connectivity index (χ2n) is 6.62. The molecule has 7 heteroatoms. The van der Waals surface area contributed by atoms with E-state index >= 15 is 0 Å². The van der Waals surface area contributed by atoms with E-state index in [1.807, 2.05) is 31.2 Å². The fourth-order valence-electron chi connectivity index (χ4n) is 3.18. The first-order valence-electron chi connectivity index (χ1n) is 9.03. The van der Waals surface area contributed by atoms with Crippen LogP contribution in [0.4, 0.5) is 0 Å². The SMILES string of the molecule is COc1ccc(C)cc1S(=O)(=O)NCCN1CCO[C@@H](c2ccccc2)C1. The van der Waals surface area contributed by atoms with Crippen LogP contribution in [0.2, 0.25) is 0 Å². The molecule has 3 rings (SSSR count). The molecule has 27 heavy (non-hydrogen) atoms. The maximum atomic E-state index is 12.7. The van der Waals surface area contributed by atoms with Crippen LogP contribution >= 0.6 is 0 Å². The number of ether oxygens (including phenoxy) is 2. The van der Waals surface area contributed by atoms with Crippen molar-refractivity contribution < 1.29 is 17.9 Å². The number of methoxy groups -OCH3 is 1. The number of sulfonamides is 1. The van der Waals surface area contributed by atoms with E-state index in [4.69, 9.17) is 9.47 Å². The number of aryl methyl sites for hydroxylation is 1. The van der Waals surface area contributed by atoms with Gasteiger partial charge in [0.1, 0.15) is 10.6 Å². The summed E-state index contributed by atoms with van der Waals surface area (Å²) < 4.78 is 39.1. The van der Waals surface area contributed by atoms with Gasteiger partial charge in [-0.05, 0) is 30.2 Å². The Labute approximate surface area is 161 Å². The van der Waals surface area contributed by atoms with E-state index in [0.29, 0.717) is 25.4 Å². The van der Waals surface area contributed by atoms with Crippen LogP contribution in [0, 0.1) is 6.92 Å². The maximum absolute atomic E-state index is 12.7. The van der Waals surface area contributed by atoms with Gasteiger partial charge in [0.05, 0.1) is 19.8 Å². The van der Waals surface area contributed by atoms with Crippen molar-refractivity contribution in [2.75, 3.05) is 39.9 Å². The zero-order chi connectivity index (χ0) is 19.3. The van der Waals surface area contributed by atoms with Gasteiger partial charge in [0.25, 0.3) is 0 Å². The Morgan fingerprint density at radius 2 is 2.00 bits per heavy atom. The molecule has 1 heterocycles. The average molecular weight is 391 g/mol. The lowest BCUT2D eigenvalue weighted by Gasteiger charge is -2.33. The predicted molar refractivity (Wildman–Crippen MR) is 104 cm³/mol. The maximum Gasteiger partial charge on any atom is 0.244 e. The molecule has 1 aliphatic heterocycles. The second-order valence-corrected chi connectivity index (χ2v) is 8.36. The van der Waals surface area contributed by atoms with Crippen LogP contribution in [0.5, 0.6) is 5.75 Å². The van der Waals surface area contributed by atoms with E-state index in [1.54, 1.807) is 12.1 Å². The van der Waals surface area contributed by atoms with E-state index in [1.165, 1.54) is 7.11 Å². The van der Waals surface area contributed by atoms with Gasteiger partial charge in [0, 0.05) is 26.2 Å². The van der Waals surface area contributed by atoms with Crippen LogP contribution in [-0.4, -0.2) is 53.2 Å². The summed E-state index contributed by atoms with van der Waals surface area (Å²) in [7, 11) is -2.15. The molecular formula is C20H26N2O4S. The summed E-state index contributed by atoms with van der Waals surface area (Å²) >= 11 is 0. The molecule has 6 nitrogen and oxygen atoms in total. The van der Waals surface area contributed by atoms with E-state index in [0.717, 1.165) is 24.2 Å². The van der Waals surface area contributed by atoms with Crippen molar-refractivity contribution in [1.82, 2.24) is 9.62 Å². The van der Waals surface area contributed by atoms with E-state index in [9.17, 15) is 8.42 Å². The number of hydrogen-bond donors (Lipinski definition) is 1. The first-order chi connectivity index (χ1) is 13.0. The topological polar surface area (TPSA) is 67.9 Å². The van der Waals surface area contributed by atoms with Crippen molar-refractivity contribution in [3.63, 3.8) is 0 Å². The number of nitrogens with zero attached hydrogens (tertiary/aromatic N) is 1. The summed E-state index contributed by atoms with van der Waals surface area (Å²) in [6.45, 7) is 4.99. The highest BCUT2D eigenvalue weighted by atomic mass is 32.2. The third kappa shape index (κ3) is 5.07. The molecular weight excluding hydrogens is 364 g/mol. The summed E-state index contributed by atoms with van der Waals surface area (Å²) in [5.41, 5.74) is 2.02. The van der Waals surface area contributed by atoms with Gasteiger partial charge < -0.3 is 9.47 Å². The molecule has 0 spiro atoms.